The molecule has 0 spiro atoms. The van der Waals surface area contributed by atoms with Gasteiger partial charge in [-0.2, -0.15) is 5.10 Å². The van der Waals surface area contributed by atoms with Gasteiger partial charge in [-0.15, -0.1) is 5.10 Å². The van der Waals surface area contributed by atoms with Crippen LogP contribution in [0.3, 0.4) is 0 Å². The lowest BCUT2D eigenvalue weighted by Gasteiger charge is -2.23. The van der Waals surface area contributed by atoms with E-state index in [4.69, 9.17) is 4.74 Å². The van der Waals surface area contributed by atoms with Gasteiger partial charge in [0, 0.05) is 25.2 Å². The molecule has 1 fully saturated rings. The minimum atomic E-state index is -0.388. The van der Waals surface area contributed by atoms with Crippen LogP contribution >= 0.6 is 0 Å². The molecule has 1 N–H and O–H groups in total. The van der Waals surface area contributed by atoms with Crippen LogP contribution in [0.15, 0.2) is 36.4 Å². The van der Waals surface area contributed by atoms with Crippen molar-refractivity contribution in [2.24, 2.45) is 0 Å². The number of hydrogen-bond donors (Lipinski definition) is 1. The first-order valence-corrected chi connectivity index (χ1v) is 7.20. The Hall–Kier alpha value is -2.05. The first-order chi connectivity index (χ1) is 10.7. The lowest BCUT2D eigenvalue weighted by atomic mass is 10.0. The van der Waals surface area contributed by atoms with Crippen molar-refractivity contribution in [3.8, 4) is 5.88 Å². The van der Waals surface area contributed by atoms with Gasteiger partial charge in [0.25, 0.3) is 0 Å². The van der Waals surface area contributed by atoms with Crippen LogP contribution in [0.1, 0.15) is 23.7 Å². The summed E-state index contributed by atoms with van der Waals surface area (Å²) < 4.78 is 18.1. The highest BCUT2D eigenvalue weighted by Crippen LogP contribution is 2.33. The van der Waals surface area contributed by atoms with Crippen molar-refractivity contribution < 1.29 is 14.2 Å². The summed E-state index contributed by atoms with van der Waals surface area (Å²) in [4.78, 5) is 2.13. The zero-order chi connectivity index (χ0) is 15.5. The monoisotopic (exact) mass is 303 g/mol. The highest BCUT2D eigenvalue weighted by Gasteiger charge is 2.32. The third-order valence-electron chi connectivity index (χ3n) is 3.91. The van der Waals surface area contributed by atoms with Crippen LogP contribution in [0.25, 0.3) is 0 Å². The van der Waals surface area contributed by atoms with Gasteiger partial charge in [0.2, 0.25) is 5.88 Å². The molecule has 1 aromatic heterocycles. The number of aliphatic hydroxyl groups excluding tert-OH is 1. The highest BCUT2D eigenvalue weighted by atomic mass is 19.1. The minimum Gasteiger partial charge on any atom is -0.480 e. The normalized spacial score (nSPS) is 22.0. The Morgan fingerprint density at radius 3 is 2.64 bits per heavy atom. The summed E-state index contributed by atoms with van der Waals surface area (Å²) in [5.74, 6) is 0.218. The molecule has 0 radical (unpaired) electrons. The van der Waals surface area contributed by atoms with Crippen molar-refractivity contribution >= 4 is 0 Å². The van der Waals surface area contributed by atoms with E-state index in [0.29, 0.717) is 25.4 Å². The van der Waals surface area contributed by atoms with Gasteiger partial charge in [-0.1, -0.05) is 12.1 Å². The van der Waals surface area contributed by atoms with E-state index < -0.39 is 0 Å². The maximum absolute atomic E-state index is 13.1. The average molecular weight is 303 g/mol. The van der Waals surface area contributed by atoms with Crippen LogP contribution in [-0.4, -0.2) is 40.0 Å². The number of benzene rings is 1. The number of hydrogen-bond acceptors (Lipinski definition) is 5. The van der Waals surface area contributed by atoms with Crippen LogP contribution in [0, 0.1) is 5.82 Å². The topological polar surface area (TPSA) is 58.5 Å². The predicted octanol–water partition coefficient (Wildman–Crippen LogP) is 1.93. The van der Waals surface area contributed by atoms with E-state index in [-0.39, 0.29) is 18.0 Å². The van der Waals surface area contributed by atoms with Crippen LogP contribution in [0.2, 0.25) is 0 Å². The smallest absolute Gasteiger partial charge is 0.233 e. The van der Waals surface area contributed by atoms with E-state index in [9.17, 15) is 9.50 Å². The van der Waals surface area contributed by atoms with Gasteiger partial charge in [0.05, 0.1) is 18.9 Å². The van der Waals surface area contributed by atoms with Crippen LogP contribution in [0.4, 0.5) is 4.39 Å². The van der Waals surface area contributed by atoms with Gasteiger partial charge < -0.3 is 9.84 Å². The summed E-state index contributed by atoms with van der Waals surface area (Å²) in [6.07, 6.45) is 0.246. The molecule has 2 atom stereocenters. The molecule has 116 valence electrons. The number of nitrogens with zero attached hydrogens (tertiary/aromatic N) is 3. The molecule has 2 aromatic rings. The number of halogens is 1. The third kappa shape index (κ3) is 3.23. The van der Waals surface area contributed by atoms with Crippen molar-refractivity contribution in [2.75, 3.05) is 13.7 Å². The summed E-state index contributed by atoms with van der Waals surface area (Å²) in [5, 5.41) is 18.1. The number of methoxy groups -OCH3 is 1. The Morgan fingerprint density at radius 2 is 2.00 bits per heavy atom. The average Bonchev–Trinajstić information content (AvgIpc) is 2.89. The van der Waals surface area contributed by atoms with Crippen LogP contribution < -0.4 is 4.74 Å². The first kappa shape index (κ1) is 14.9. The molecule has 0 bridgehead atoms. The molecule has 0 saturated carbocycles. The van der Waals surface area contributed by atoms with Crippen molar-refractivity contribution in [3.05, 3.63) is 53.5 Å². The molecular formula is C16H18FN3O2. The molecule has 3 rings (SSSR count). The van der Waals surface area contributed by atoms with E-state index in [2.05, 4.69) is 15.1 Å². The van der Waals surface area contributed by atoms with Crippen molar-refractivity contribution in [3.63, 3.8) is 0 Å². The van der Waals surface area contributed by atoms with E-state index in [1.54, 1.807) is 25.3 Å². The maximum atomic E-state index is 13.1. The molecule has 1 aliphatic rings. The Balaban J connectivity index is 1.76. The summed E-state index contributed by atoms with van der Waals surface area (Å²) in [6, 6.07) is 10.1. The van der Waals surface area contributed by atoms with Crippen molar-refractivity contribution in [1.29, 1.82) is 0 Å². The van der Waals surface area contributed by atoms with Gasteiger partial charge >= 0.3 is 0 Å². The fourth-order valence-electron chi connectivity index (χ4n) is 2.83. The predicted molar refractivity (Wildman–Crippen MR) is 78.8 cm³/mol. The van der Waals surface area contributed by atoms with Crippen molar-refractivity contribution in [2.45, 2.75) is 25.1 Å². The minimum absolute atomic E-state index is 0.0551. The Kier molecular flexibility index (Phi) is 4.31. The quantitative estimate of drug-likeness (QED) is 0.935. The zero-order valence-electron chi connectivity index (χ0n) is 12.3. The summed E-state index contributed by atoms with van der Waals surface area (Å²) in [5.41, 5.74) is 1.81. The lowest BCUT2D eigenvalue weighted by molar-refractivity contribution is 0.172. The molecule has 2 unspecified atom stereocenters. The summed E-state index contributed by atoms with van der Waals surface area (Å²) in [6.45, 7) is 1.14. The second kappa shape index (κ2) is 6.37. The maximum Gasteiger partial charge on any atom is 0.233 e. The number of rotatable bonds is 4. The highest BCUT2D eigenvalue weighted by molar-refractivity contribution is 5.22. The van der Waals surface area contributed by atoms with Crippen molar-refractivity contribution in [1.82, 2.24) is 15.1 Å². The largest absolute Gasteiger partial charge is 0.480 e. The van der Waals surface area contributed by atoms with Crippen LogP contribution in [-0.2, 0) is 6.54 Å². The molecule has 2 heterocycles. The van der Waals surface area contributed by atoms with E-state index >= 15 is 0 Å². The second-order valence-electron chi connectivity index (χ2n) is 5.45. The first-order valence-electron chi connectivity index (χ1n) is 7.20. The molecule has 1 aromatic carbocycles. The third-order valence-corrected chi connectivity index (χ3v) is 3.91. The molecule has 1 aliphatic heterocycles. The van der Waals surface area contributed by atoms with E-state index in [0.717, 1.165) is 11.3 Å². The molecule has 0 aliphatic carbocycles. The number of aromatic nitrogens is 2. The van der Waals surface area contributed by atoms with Gasteiger partial charge in [-0.3, -0.25) is 4.90 Å². The number of aliphatic hydroxyl groups is 1. The fourth-order valence-corrected chi connectivity index (χ4v) is 2.83. The Morgan fingerprint density at radius 1 is 1.23 bits per heavy atom. The number of ether oxygens (including phenoxy) is 1. The summed E-state index contributed by atoms with van der Waals surface area (Å²) in [7, 11) is 1.55. The molecular weight excluding hydrogens is 285 g/mol. The second-order valence-corrected chi connectivity index (χ2v) is 5.45. The van der Waals surface area contributed by atoms with Gasteiger partial charge in [0.1, 0.15) is 5.82 Å². The van der Waals surface area contributed by atoms with Gasteiger partial charge in [0.15, 0.2) is 0 Å². The number of β-amino-alcohol motifs (C(OH)–C–C–N with tert-alkyl or cyclic N) is 1. The lowest BCUT2D eigenvalue weighted by Crippen LogP contribution is -2.25. The van der Waals surface area contributed by atoms with E-state index in [1.807, 2.05) is 6.07 Å². The van der Waals surface area contributed by atoms with Crippen LogP contribution in [0.5, 0.6) is 5.88 Å². The SMILES string of the molecule is COc1ccc(CN2CC(O)CC2c2ccc(F)cc2)nn1. The standard InChI is InChI=1S/C16H18FN3O2/c1-22-16-7-6-13(18-19-16)9-20-10-14(21)8-15(20)11-2-4-12(17)5-3-11/h2-7,14-15,21H,8-10H2,1H3. The fraction of sp³-hybridized carbons (Fsp3) is 0.375. The zero-order valence-corrected chi connectivity index (χ0v) is 12.3. The Labute approximate surface area is 128 Å². The molecule has 6 heteroatoms. The Bertz CT molecular complexity index is 618. The summed E-state index contributed by atoms with van der Waals surface area (Å²) >= 11 is 0. The number of likely N-dealkylation sites (tertiary alicyclic amines) is 1. The molecule has 0 amide bonds. The van der Waals surface area contributed by atoms with Gasteiger partial charge in [-0.05, 0) is 30.2 Å². The molecule has 5 nitrogen and oxygen atoms in total. The van der Waals surface area contributed by atoms with Gasteiger partial charge in [-0.25, -0.2) is 4.39 Å². The van der Waals surface area contributed by atoms with E-state index in [1.165, 1.54) is 12.1 Å². The molecule has 22 heavy (non-hydrogen) atoms. The molecule has 1 saturated heterocycles.